The molecule has 10 heteroatoms. The maximum absolute atomic E-state index is 12.7. The number of hydrogen-bond donors (Lipinski definition) is 3. The summed E-state index contributed by atoms with van der Waals surface area (Å²) in [4.78, 5) is 54.0. The van der Waals surface area contributed by atoms with E-state index in [1.165, 1.54) is 19.2 Å². The number of nitrogens with one attached hydrogen (secondary N) is 2. The van der Waals surface area contributed by atoms with Gasteiger partial charge in [-0.2, -0.15) is 0 Å². The zero-order valence-electron chi connectivity index (χ0n) is 14.6. The average Bonchev–Trinajstić information content (AvgIpc) is 2.94. The summed E-state index contributed by atoms with van der Waals surface area (Å²) in [6.07, 6.45) is 2.15. The molecule has 3 aromatic rings. The Morgan fingerprint density at radius 1 is 1.33 bits per heavy atom. The van der Waals surface area contributed by atoms with Crippen LogP contribution in [0.1, 0.15) is 34.3 Å². The van der Waals surface area contributed by atoms with E-state index < -0.39 is 17.2 Å². The highest BCUT2D eigenvalue weighted by Crippen LogP contribution is 2.26. The van der Waals surface area contributed by atoms with Crippen LogP contribution in [0.4, 0.5) is 0 Å². The number of thiophene rings is 1. The molecule has 142 valence electrons. The van der Waals surface area contributed by atoms with E-state index in [0.29, 0.717) is 17.9 Å². The number of hydrogen-bond acceptors (Lipinski definition) is 6. The average molecular weight is 391 g/mol. The molecule has 3 aromatic heterocycles. The number of H-pyrrole nitrogens is 2. The Hall–Kier alpha value is -3.14. The molecule has 0 aliphatic heterocycles. The summed E-state index contributed by atoms with van der Waals surface area (Å²) in [5.41, 5.74) is -1.00. The summed E-state index contributed by atoms with van der Waals surface area (Å²) in [6.45, 7) is 3.68. The highest BCUT2D eigenvalue weighted by Gasteiger charge is 2.20. The smallest absolute Gasteiger partial charge is 0.346 e. The van der Waals surface area contributed by atoms with Crippen molar-refractivity contribution in [2.75, 3.05) is 6.61 Å². The van der Waals surface area contributed by atoms with Gasteiger partial charge in [-0.3, -0.25) is 19.1 Å². The van der Waals surface area contributed by atoms with Gasteiger partial charge in [-0.1, -0.05) is 6.92 Å². The predicted molar refractivity (Wildman–Crippen MR) is 100 cm³/mol. The minimum absolute atomic E-state index is 0.00123. The fraction of sp³-hybridized carbons (Fsp3) is 0.294. The third kappa shape index (κ3) is 3.43. The van der Waals surface area contributed by atoms with E-state index in [2.05, 4.69) is 9.97 Å². The number of fused-ring (bicyclic) bond motifs is 1. The number of aromatic amines is 2. The van der Waals surface area contributed by atoms with Gasteiger partial charge in [0.2, 0.25) is 5.43 Å². The van der Waals surface area contributed by atoms with Gasteiger partial charge in [0.1, 0.15) is 9.71 Å². The van der Waals surface area contributed by atoms with Crippen molar-refractivity contribution in [2.24, 2.45) is 0 Å². The van der Waals surface area contributed by atoms with E-state index in [9.17, 15) is 24.3 Å². The maximum atomic E-state index is 12.7. The molecule has 3 heterocycles. The van der Waals surface area contributed by atoms with Crippen molar-refractivity contribution < 1.29 is 14.6 Å². The van der Waals surface area contributed by atoms with E-state index in [0.717, 1.165) is 22.3 Å². The molecule has 0 aliphatic rings. The van der Waals surface area contributed by atoms with Crippen LogP contribution >= 0.6 is 11.3 Å². The lowest BCUT2D eigenvalue weighted by Gasteiger charge is -2.07. The van der Waals surface area contributed by atoms with Crippen molar-refractivity contribution in [3.05, 3.63) is 59.5 Å². The molecule has 0 saturated heterocycles. The fourth-order valence-corrected chi connectivity index (χ4v) is 3.71. The highest BCUT2D eigenvalue weighted by atomic mass is 32.1. The lowest BCUT2D eigenvalue weighted by molar-refractivity contribution is 0.0701. The number of carbonyl (C=O) groups is 1. The van der Waals surface area contributed by atoms with Crippen LogP contribution in [0.5, 0.6) is 5.75 Å². The Kier molecular flexibility index (Phi) is 5.00. The second-order valence-corrected chi connectivity index (χ2v) is 6.94. The number of rotatable bonds is 6. The van der Waals surface area contributed by atoms with Crippen molar-refractivity contribution in [1.29, 1.82) is 0 Å². The topological polar surface area (TPSA) is 134 Å². The van der Waals surface area contributed by atoms with Crippen LogP contribution in [0.2, 0.25) is 0 Å². The Morgan fingerprint density at radius 2 is 2.07 bits per heavy atom. The van der Waals surface area contributed by atoms with Gasteiger partial charge in [-0.05, 0) is 18.9 Å². The summed E-state index contributed by atoms with van der Waals surface area (Å²) in [7, 11) is 0. The van der Waals surface area contributed by atoms with E-state index in [4.69, 9.17) is 4.74 Å². The zero-order valence-corrected chi connectivity index (χ0v) is 15.4. The molecule has 0 bridgehead atoms. The van der Waals surface area contributed by atoms with Gasteiger partial charge in [0.15, 0.2) is 5.75 Å². The SMILES string of the molecule is CCCOc1c[nH]c(Cn2c(=O)[nH]c3sc(C(=O)O)c(C)c3c2=O)cc1=O. The third-order valence-electron chi connectivity index (χ3n) is 3.99. The molecule has 0 saturated carbocycles. The molecule has 0 spiro atoms. The first-order valence-electron chi connectivity index (χ1n) is 8.17. The molecule has 0 amide bonds. The van der Waals surface area contributed by atoms with Gasteiger partial charge >= 0.3 is 11.7 Å². The summed E-state index contributed by atoms with van der Waals surface area (Å²) >= 11 is 0.845. The summed E-state index contributed by atoms with van der Waals surface area (Å²) in [5, 5.41) is 9.36. The van der Waals surface area contributed by atoms with Crippen molar-refractivity contribution in [3.63, 3.8) is 0 Å². The molecule has 9 nitrogen and oxygen atoms in total. The van der Waals surface area contributed by atoms with Gasteiger partial charge in [0, 0.05) is 18.0 Å². The van der Waals surface area contributed by atoms with Crippen molar-refractivity contribution >= 4 is 27.5 Å². The number of aromatic nitrogens is 3. The number of carboxylic acid groups (broad SMARTS) is 1. The number of ether oxygens (including phenoxy) is 1. The highest BCUT2D eigenvalue weighted by molar-refractivity contribution is 7.20. The molecule has 0 unspecified atom stereocenters. The molecule has 0 fully saturated rings. The first kappa shape index (κ1) is 18.6. The third-order valence-corrected chi connectivity index (χ3v) is 5.19. The molecule has 0 atom stereocenters. The van der Waals surface area contributed by atoms with Crippen LogP contribution in [0.15, 0.2) is 26.6 Å². The van der Waals surface area contributed by atoms with E-state index in [1.807, 2.05) is 6.92 Å². The van der Waals surface area contributed by atoms with Crippen LogP contribution in [0.25, 0.3) is 10.2 Å². The first-order valence-corrected chi connectivity index (χ1v) is 8.99. The first-order chi connectivity index (χ1) is 12.8. The monoisotopic (exact) mass is 391 g/mol. The van der Waals surface area contributed by atoms with E-state index in [-0.39, 0.29) is 32.8 Å². The Morgan fingerprint density at radius 3 is 2.70 bits per heavy atom. The van der Waals surface area contributed by atoms with Crippen LogP contribution in [0.3, 0.4) is 0 Å². The minimum atomic E-state index is -1.16. The number of aromatic carboxylic acids is 1. The largest absolute Gasteiger partial charge is 0.488 e. The number of aryl methyl sites for hydroxylation is 1. The fourth-order valence-electron chi connectivity index (χ4n) is 2.69. The van der Waals surface area contributed by atoms with Crippen molar-refractivity contribution in [2.45, 2.75) is 26.8 Å². The van der Waals surface area contributed by atoms with Gasteiger partial charge < -0.3 is 14.8 Å². The second-order valence-electron chi connectivity index (χ2n) is 5.92. The van der Waals surface area contributed by atoms with Crippen LogP contribution < -0.4 is 21.4 Å². The molecule has 3 N–H and O–H groups in total. The summed E-state index contributed by atoms with van der Waals surface area (Å²) < 4.78 is 6.22. The van der Waals surface area contributed by atoms with Gasteiger partial charge in [0.05, 0.1) is 18.5 Å². The molecule has 0 radical (unpaired) electrons. The zero-order chi connectivity index (χ0) is 19.7. The molecular formula is C17H17N3O6S. The molecule has 27 heavy (non-hydrogen) atoms. The standard InChI is InChI=1S/C17H17N3O6S/c1-3-4-26-11-6-18-9(5-10(11)21)7-20-15(22)12-8(2)13(16(23)24)27-14(12)19-17(20)25/h5-6H,3-4,7H2,1-2H3,(H,18,21)(H,19,25)(H,23,24). The van der Waals surface area contributed by atoms with E-state index >= 15 is 0 Å². The minimum Gasteiger partial charge on any atom is -0.488 e. The second kappa shape index (κ2) is 7.23. The van der Waals surface area contributed by atoms with Gasteiger partial charge in [-0.25, -0.2) is 9.59 Å². The number of pyridine rings is 1. The van der Waals surface area contributed by atoms with Gasteiger partial charge in [-0.15, -0.1) is 11.3 Å². The lowest BCUT2D eigenvalue weighted by atomic mass is 10.2. The van der Waals surface area contributed by atoms with Gasteiger partial charge in [0.25, 0.3) is 5.56 Å². The molecule has 0 aliphatic carbocycles. The Bertz CT molecular complexity index is 1200. The maximum Gasteiger partial charge on any atom is 0.346 e. The number of nitrogens with zero attached hydrogens (tertiary/aromatic N) is 1. The molecule has 3 rings (SSSR count). The van der Waals surface area contributed by atoms with Crippen LogP contribution in [-0.4, -0.2) is 32.2 Å². The van der Waals surface area contributed by atoms with Crippen LogP contribution in [0, 0.1) is 6.92 Å². The van der Waals surface area contributed by atoms with E-state index in [1.54, 1.807) is 0 Å². The Labute approximate surface area is 155 Å². The van der Waals surface area contributed by atoms with Crippen molar-refractivity contribution in [3.8, 4) is 5.75 Å². The molecule has 0 aromatic carbocycles. The normalized spacial score (nSPS) is 11.0. The quantitative estimate of drug-likeness (QED) is 0.579. The van der Waals surface area contributed by atoms with Crippen molar-refractivity contribution in [1.82, 2.24) is 14.5 Å². The van der Waals surface area contributed by atoms with Crippen LogP contribution in [-0.2, 0) is 6.54 Å². The predicted octanol–water partition coefficient (Wildman–Crippen LogP) is 1.28. The lowest BCUT2D eigenvalue weighted by Crippen LogP contribution is -2.35. The Balaban J connectivity index is 2.05. The molecular weight excluding hydrogens is 374 g/mol. The summed E-state index contributed by atoms with van der Waals surface area (Å²) in [5.74, 6) is -0.996. The number of carboxylic acids is 1. The summed E-state index contributed by atoms with van der Waals surface area (Å²) in [6, 6.07) is 1.27.